The zero-order valence-corrected chi connectivity index (χ0v) is 14.3. The van der Waals surface area contributed by atoms with Gasteiger partial charge in [0.15, 0.2) is 0 Å². The minimum absolute atomic E-state index is 0.105. The van der Waals surface area contributed by atoms with E-state index >= 15 is 0 Å². The molecule has 23 heavy (non-hydrogen) atoms. The van der Waals surface area contributed by atoms with Gasteiger partial charge in [0, 0.05) is 16.1 Å². The van der Waals surface area contributed by atoms with Gasteiger partial charge in [-0.25, -0.2) is 4.68 Å². The lowest BCUT2D eigenvalue weighted by Crippen LogP contribution is -2.21. The van der Waals surface area contributed by atoms with E-state index in [1.807, 2.05) is 10.7 Å². The second-order valence-corrected chi connectivity index (χ2v) is 6.76. The van der Waals surface area contributed by atoms with Crippen molar-refractivity contribution in [3.63, 3.8) is 0 Å². The summed E-state index contributed by atoms with van der Waals surface area (Å²) in [6.45, 7) is 0. The summed E-state index contributed by atoms with van der Waals surface area (Å²) < 4.78 is 1.94. The summed E-state index contributed by atoms with van der Waals surface area (Å²) in [6.07, 6.45) is 7.91. The first-order valence-corrected chi connectivity index (χ1v) is 8.66. The summed E-state index contributed by atoms with van der Waals surface area (Å²) in [5, 5.41) is 8.41. The van der Waals surface area contributed by atoms with Gasteiger partial charge in [0.25, 0.3) is 0 Å². The minimum Gasteiger partial charge on any atom is -0.311 e. The number of anilines is 1. The first-order valence-electron chi connectivity index (χ1n) is 7.91. The first kappa shape index (κ1) is 16.3. The summed E-state index contributed by atoms with van der Waals surface area (Å²) >= 11 is 12.0. The maximum Gasteiger partial charge on any atom is 0.229 e. The number of amides is 1. The highest BCUT2D eigenvalue weighted by Gasteiger charge is 2.19. The molecule has 6 heteroatoms. The summed E-state index contributed by atoms with van der Waals surface area (Å²) in [5.74, 6) is 0.652. The highest BCUT2D eigenvalue weighted by molar-refractivity contribution is 6.35. The topological polar surface area (TPSA) is 46.9 Å². The SMILES string of the molecule is O=C(Cc1ccc(Cl)cc1Cl)Nc1ccnn1C1CCCCC1. The Morgan fingerprint density at radius 1 is 1.22 bits per heavy atom. The molecule has 0 spiro atoms. The number of benzene rings is 1. The fraction of sp³-hybridized carbons (Fsp3) is 0.412. The Bertz CT molecular complexity index is 693. The number of halogens is 2. The largest absolute Gasteiger partial charge is 0.311 e. The predicted molar refractivity (Wildman–Crippen MR) is 93.1 cm³/mol. The van der Waals surface area contributed by atoms with E-state index in [0.717, 1.165) is 24.2 Å². The molecular weight excluding hydrogens is 333 g/mol. The van der Waals surface area contributed by atoms with Crippen LogP contribution in [0.2, 0.25) is 10.0 Å². The van der Waals surface area contributed by atoms with Gasteiger partial charge in [-0.3, -0.25) is 4.79 Å². The number of aromatic nitrogens is 2. The van der Waals surface area contributed by atoms with E-state index in [1.54, 1.807) is 24.4 Å². The van der Waals surface area contributed by atoms with Crippen molar-refractivity contribution >= 4 is 34.9 Å². The molecule has 1 aliphatic carbocycles. The third kappa shape index (κ3) is 4.06. The van der Waals surface area contributed by atoms with Crippen LogP contribution < -0.4 is 5.32 Å². The van der Waals surface area contributed by atoms with E-state index in [9.17, 15) is 4.79 Å². The van der Waals surface area contributed by atoms with Crippen molar-refractivity contribution in [2.75, 3.05) is 5.32 Å². The highest BCUT2D eigenvalue weighted by atomic mass is 35.5. The molecule has 0 radical (unpaired) electrons. The van der Waals surface area contributed by atoms with Crippen molar-refractivity contribution < 1.29 is 4.79 Å². The molecule has 1 aromatic heterocycles. The van der Waals surface area contributed by atoms with Gasteiger partial charge in [-0.15, -0.1) is 0 Å². The van der Waals surface area contributed by atoms with E-state index in [0.29, 0.717) is 16.1 Å². The molecular formula is C17H19Cl2N3O. The molecule has 0 unspecified atom stereocenters. The number of nitrogens with one attached hydrogen (secondary N) is 1. The zero-order chi connectivity index (χ0) is 16.2. The van der Waals surface area contributed by atoms with E-state index < -0.39 is 0 Å². The van der Waals surface area contributed by atoms with Crippen molar-refractivity contribution in [3.05, 3.63) is 46.1 Å². The second kappa shape index (κ2) is 7.37. The van der Waals surface area contributed by atoms with Crippen LogP contribution in [0.3, 0.4) is 0 Å². The number of carbonyl (C=O) groups is 1. The average Bonchev–Trinajstić information content (AvgIpc) is 2.99. The van der Waals surface area contributed by atoms with Gasteiger partial charge in [-0.1, -0.05) is 48.5 Å². The molecule has 0 aliphatic heterocycles. The lowest BCUT2D eigenvalue weighted by atomic mass is 9.96. The lowest BCUT2D eigenvalue weighted by Gasteiger charge is -2.23. The lowest BCUT2D eigenvalue weighted by molar-refractivity contribution is -0.115. The van der Waals surface area contributed by atoms with Gasteiger partial charge in [0.1, 0.15) is 5.82 Å². The van der Waals surface area contributed by atoms with Crippen LogP contribution in [0.25, 0.3) is 0 Å². The summed E-state index contributed by atoms with van der Waals surface area (Å²) in [4.78, 5) is 12.3. The van der Waals surface area contributed by atoms with Gasteiger partial charge in [-0.05, 0) is 30.5 Å². The molecule has 1 aromatic carbocycles. The standard InChI is InChI=1S/C17H19Cl2N3O/c18-13-7-6-12(15(19)11-13)10-17(23)21-16-8-9-20-22(16)14-4-2-1-3-5-14/h6-9,11,14H,1-5,10H2,(H,21,23). The van der Waals surface area contributed by atoms with Crippen LogP contribution in [-0.2, 0) is 11.2 Å². The van der Waals surface area contributed by atoms with E-state index in [2.05, 4.69) is 10.4 Å². The fourth-order valence-electron chi connectivity index (χ4n) is 3.05. The second-order valence-electron chi connectivity index (χ2n) is 5.91. The quantitative estimate of drug-likeness (QED) is 0.853. The van der Waals surface area contributed by atoms with Crippen LogP contribution in [0, 0.1) is 0 Å². The van der Waals surface area contributed by atoms with Crippen molar-refractivity contribution in [1.82, 2.24) is 9.78 Å². The number of carbonyl (C=O) groups excluding carboxylic acids is 1. The first-order chi connectivity index (χ1) is 11.1. The molecule has 2 aromatic rings. The molecule has 3 rings (SSSR count). The Kier molecular flexibility index (Phi) is 5.23. The van der Waals surface area contributed by atoms with Gasteiger partial charge in [0.05, 0.1) is 18.7 Å². The monoisotopic (exact) mass is 351 g/mol. The van der Waals surface area contributed by atoms with E-state index in [4.69, 9.17) is 23.2 Å². The minimum atomic E-state index is -0.105. The van der Waals surface area contributed by atoms with Gasteiger partial charge < -0.3 is 5.32 Å². The number of nitrogens with zero attached hydrogens (tertiary/aromatic N) is 2. The normalized spacial score (nSPS) is 15.6. The van der Waals surface area contributed by atoms with Crippen LogP contribution in [0.4, 0.5) is 5.82 Å². The summed E-state index contributed by atoms with van der Waals surface area (Å²) in [7, 11) is 0. The smallest absolute Gasteiger partial charge is 0.229 e. The Morgan fingerprint density at radius 2 is 2.00 bits per heavy atom. The predicted octanol–water partition coefficient (Wildman–Crippen LogP) is 4.88. The van der Waals surface area contributed by atoms with Gasteiger partial charge in [-0.2, -0.15) is 5.10 Å². The number of hydrogen-bond donors (Lipinski definition) is 1. The van der Waals surface area contributed by atoms with E-state index in [1.165, 1.54) is 19.3 Å². The molecule has 122 valence electrons. The van der Waals surface area contributed by atoms with Gasteiger partial charge in [0.2, 0.25) is 5.91 Å². The molecule has 1 heterocycles. The Balaban J connectivity index is 1.67. The Hall–Kier alpha value is -1.52. The van der Waals surface area contributed by atoms with Gasteiger partial charge >= 0.3 is 0 Å². The van der Waals surface area contributed by atoms with Crippen LogP contribution in [0.15, 0.2) is 30.5 Å². The molecule has 0 bridgehead atoms. The zero-order valence-electron chi connectivity index (χ0n) is 12.8. The average molecular weight is 352 g/mol. The maximum absolute atomic E-state index is 12.3. The number of hydrogen-bond acceptors (Lipinski definition) is 2. The maximum atomic E-state index is 12.3. The van der Waals surface area contributed by atoms with E-state index in [-0.39, 0.29) is 12.3 Å². The summed E-state index contributed by atoms with van der Waals surface area (Å²) in [6, 6.07) is 7.40. The van der Waals surface area contributed by atoms with Crippen molar-refractivity contribution in [3.8, 4) is 0 Å². The number of rotatable bonds is 4. The summed E-state index contributed by atoms with van der Waals surface area (Å²) in [5.41, 5.74) is 0.761. The molecule has 1 saturated carbocycles. The van der Waals surface area contributed by atoms with Crippen molar-refractivity contribution in [2.24, 2.45) is 0 Å². The molecule has 1 N–H and O–H groups in total. The van der Waals surface area contributed by atoms with Crippen LogP contribution in [0.5, 0.6) is 0 Å². The fourth-order valence-corrected chi connectivity index (χ4v) is 3.53. The third-order valence-corrected chi connectivity index (χ3v) is 4.81. The molecule has 1 aliphatic rings. The van der Waals surface area contributed by atoms with Crippen LogP contribution in [0.1, 0.15) is 43.7 Å². The molecule has 4 nitrogen and oxygen atoms in total. The molecule has 1 fully saturated rings. The molecule has 0 atom stereocenters. The third-order valence-electron chi connectivity index (χ3n) is 4.22. The highest BCUT2D eigenvalue weighted by Crippen LogP contribution is 2.30. The van der Waals surface area contributed by atoms with Crippen LogP contribution >= 0.6 is 23.2 Å². The van der Waals surface area contributed by atoms with Crippen molar-refractivity contribution in [2.45, 2.75) is 44.6 Å². The molecule has 1 amide bonds. The van der Waals surface area contributed by atoms with Crippen LogP contribution in [-0.4, -0.2) is 15.7 Å². The Morgan fingerprint density at radius 3 is 2.74 bits per heavy atom. The Labute approximate surface area is 145 Å². The molecule has 0 saturated heterocycles. The van der Waals surface area contributed by atoms with Crippen molar-refractivity contribution in [1.29, 1.82) is 0 Å².